The first-order chi connectivity index (χ1) is 4.18. The Morgan fingerprint density at radius 2 is 2.56 bits per heavy atom. The summed E-state index contributed by atoms with van der Waals surface area (Å²) in [5.74, 6) is -0.394. The van der Waals surface area contributed by atoms with Crippen LogP contribution in [0, 0.1) is 0 Å². The van der Waals surface area contributed by atoms with Crippen LogP contribution in [-0.4, -0.2) is 18.6 Å². The van der Waals surface area contributed by atoms with E-state index >= 15 is 0 Å². The molecule has 3 nitrogen and oxygen atoms in total. The van der Waals surface area contributed by atoms with E-state index in [4.69, 9.17) is 5.73 Å². The van der Waals surface area contributed by atoms with E-state index < -0.39 is 12.0 Å². The van der Waals surface area contributed by atoms with Gasteiger partial charge in [0.1, 0.15) is 12.6 Å². The quantitative estimate of drug-likeness (QED) is 0.433. The standard InChI is InChI=1S/C6H11NO2/c1-3-4-9-6(8)5(2)7/h3,5H,1,4,7H2,2H3. The highest BCUT2D eigenvalue weighted by atomic mass is 16.5. The summed E-state index contributed by atoms with van der Waals surface area (Å²) in [7, 11) is 0. The Morgan fingerprint density at radius 1 is 2.00 bits per heavy atom. The molecule has 0 aromatic rings. The van der Waals surface area contributed by atoms with Gasteiger partial charge in [-0.2, -0.15) is 0 Å². The number of ether oxygens (including phenoxy) is 1. The average Bonchev–Trinajstić information content (AvgIpc) is 1.82. The Bertz CT molecular complexity index is 110. The summed E-state index contributed by atoms with van der Waals surface area (Å²) in [4.78, 5) is 10.5. The molecule has 1 atom stereocenters. The lowest BCUT2D eigenvalue weighted by Crippen LogP contribution is -2.28. The molecule has 0 aliphatic carbocycles. The maximum Gasteiger partial charge on any atom is 0.322 e. The van der Waals surface area contributed by atoms with E-state index in [2.05, 4.69) is 11.3 Å². The van der Waals surface area contributed by atoms with Crippen molar-refractivity contribution < 1.29 is 9.53 Å². The molecule has 0 radical (unpaired) electrons. The molecule has 0 rings (SSSR count). The predicted molar refractivity (Wildman–Crippen MR) is 34.8 cm³/mol. The summed E-state index contributed by atoms with van der Waals surface area (Å²) >= 11 is 0. The second kappa shape index (κ2) is 4.09. The molecule has 0 saturated carbocycles. The maximum absolute atomic E-state index is 10.5. The highest BCUT2D eigenvalue weighted by molar-refractivity contribution is 5.74. The Morgan fingerprint density at radius 3 is 2.89 bits per heavy atom. The van der Waals surface area contributed by atoms with Gasteiger partial charge >= 0.3 is 5.97 Å². The molecule has 0 heterocycles. The molecule has 0 spiro atoms. The van der Waals surface area contributed by atoms with E-state index in [1.165, 1.54) is 6.08 Å². The van der Waals surface area contributed by atoms with Crippen LogP contribution in [0.4, 0.5) is 0 Å². The molecular formula is C6H11NO2. The van der Waals surface area contributed by atoms with E-state index in [-0.39, 0.29) is 6.61 Å². The monoisotopic (exact) mass is 129 g/mol. The number of hydrogen-bond acceptors (Lipinski definition) is 3. The van der Waals surface area contributed by atoms with Gasteiger partial charge in [-0.05, 0) is 6.92 Å². The molecule has 2 N–H and O–H groups in total. The first-order valence-electron chi connectivity index (χ1n) is 2.71. The summed E-state index contributed by atoms with van der Waals surface area (Å²) in [5.41, 5.74) is 5.17. The molecule has 0 bridgehead atoms. The number of carbonyl (C=O) groups is 1. The number of esters is 1. The fourth-order valence-corrected chi connectivity index (χ4v) is 0.273. The number of rotatable bonds is 3. The molecule has 9 heavy (non-hydrogen) atoms. The van der Waals surface area contributed by atoms with Gasteiger partial charge in [0.2, 0.25) is 0 Å². The number of nitrogens with two attached hydrogens (primary N) is 1. The van der Waals surface area contributed by atoms with Gasteiger partial charge in [0.15, 0.2) is 0 Å². The number of hydrogen-bond donors (Lipinski definition) is 1. The van der Waals surface area contributed by atoms with Gasteiger partial charge in [0.25, 0.3) is 0 Å². The normalized spacial score (nSPS) is 12.2. The second-order valence-electron chi connectivity index (χ2n) is 1.71. The van der Waals surface area contributed by atoms with Crippen LogP contribution in [0.3, 0.4) is 0 Å². The van der Waals surface area contributed by atoms with Gasteiger partial charge in [0.05, 0.1) is 0 Å². The van der Waals surface area contributed by atoms with E-state index in [0.717, 1.165) is 0 Å². The molecule has 52 valence electrons. The third kappa shape index (κ3) is 3.73. The highest BCUT2D eigenvalue weighted by Gasteiger charge is 2.05. The molecular weight excluding hydrogens is 118 g/mol. The highest BCUT2D eigenvalue weighted by Crippen LogP contribution is 1.82. The summed E-state index contributed by atoms with van der Waals surface area (Å²) < 4.78 is 4.57. The van der Waals surface area contributed by atoms with Crippen LogP contribution in [0.15, 0.2) is 12.7 Å². The van der Waals surface area contributed by atoms with Crippen molar-refractivity contribution in [2.45, 2.75) is 13.0 Å². The minimum Gasteiger partial charge on any atom is -0.460 e. The zero-order valence-electron chi connectivity index (χ0n) is 5.46. The average molecular weight is 129 g/mol. The largest absolute Gasteiger partial charge is 0.460 e. The van der Waals surface area contributed by atoms with Crippen LogP contribution < -0.4 is 5.73 Å². The van der Waals surface area contributed by atoms with Gasteiger partial charge in [-0.3, -0.25) is 4.79 Å². The molecule has 0 fully saturated rings. The van der Waals surface area contributed by atoms with E-state index in [0.29, 0.717) is 0 Å². The van der Waals surface area contributed by atoms with E-state index in [1.807, 2.05) is 0 Å². The minimum atomic E-state index is -0.537. The van der Waals surface area contributed by atoms with Crippen molar-refractivity contribution in [1.82, 2.24) is 0 Å². The van der Waals surface area contributed by atoms with Crippen LogP contribution in [-0.2, 0) is 9.53 Å². The fraction of sp³-hybridized carbons (Fsp3) is 0.500. The first kappa shape index (κ1) is 8.17. The Kier molecular flexibility index (Phi) is 3.71. The second-order valence-corrected chi connectivity index (χ2v) is 1.71. The van der Waals surface area contributed by atoms with Crippen LogP contribution in [0.2, 0.25) is 0 Å². The SMILES string of the molecule is C=CCOC(=O)C(C)N. The van der Waals surface area contributed by atoms with E-state index in [9.17, 15) is 4.79 Å². The van der Waals surface area contributed by atoms with Gasteiger partial charge in [-0.15, -0.1) is 0 Å². The van der Waals surface area contributed by atoms with Crippen LogP contribution in [0.25, 0.3) is 0 Å². The zero-order valence-corrected chi connectivity index (χ0v) is 5.46. The van der Waals surface area contributed by atoms with Gasteiger partial charge in [-0.25, -0.2) is 0 Å². The van der Waals surface area contributed by atoms with Crippen molar-refractivity contribution in [1.29, 1.82) is 0 Å². The lowest BCUT2D eigenvalue weighted by atomic mass is 10.4. The van der Waals surface area contributed by atoms with Gasteiger partial charge < -0.3 is 10.5 Å². The lowest BCUT2D eigenvalue weighted by Gasteiger charge is -2.02. The summed E-state index contributed by atoms with van der Waals surface area (Å²) in [6, 6.07) is -0.537. The molecule has 0 aromatic carbocycles. The van der Waals surface area contributed by atoms with Crippen molar-refractivity contribution in [3.63, 3.8) is 0 Å². The Balaban J connectivity index is 3.38. The molecule has 0 aliphatic heterocycles. The summed E-state index contributed by atoms with van der Waals surface area (Å²) in [6.07, 6.45) is 1.50. The van der Waals surface area contributed by atoms with Gasteiger partial charge in [0, 0.05) is 0 Å². The lowest BCUT2D eigenvalue weighted by molar-refractivity contribution is -0.143. The van der Waals surface area contributed by atoms with Gasteiger partial charge in [-0.1, -0.05) is 12.7 Å². The molecule has 3 heteroatoms. The minimum absolute atomic E-state index is 0.236. The fourth-order valence-electron chi connectivity index (χ4n) is 0.273. The van der Waals surface area contributed by atoms with Crippen LogP contribution in [0.1, 0.15) is 6.92 Å². The molecule has 0 aromatic heterocycles. The van der Waals surface area contributed by atoms with Crippen molar-refractivity contribution >= 4 is 5.97 Å². The third-order valence-electron chi connectivity index (χ3n) is 0.715. The first-order valence-corrected chi connectivity index (χ1v) is 2.71. The summed E-state index contributed by atoms with van der Waals surface area (Å²) in [6.45, 7) is 5.19. The van der Waals surface area contributed by atoms with Crippen molar-refractivity contribution in [3.8, 4) is 0 Å². The molecule has 0 amide bonds. The predicted octanol–water partition coefficient (Wildman–Crippen LogP) is 0.0628. The molecule has 0 saturated heterocycles. The van der Waals surface area contributed by atoms with E-state index in [1.54, 1.807) is 6.92 Å². The molecule has 0 aliphatic rings. The van der Waals surface area contributed by atoms with Crippen LogP contribution in [0.5, 0.6) is 0 Å². The topological polar surface area (TPSA) is 52.3 Å². The van der Waals surface area contributed by atoms with Crippen molar-refractivity contribution in [3.05, 3.63) is 12.7 Å². The van der Waals surface area contributed by atoms with Crippen LogP contribution >= 0.6 is 0 Å². The van der Waals surface area contributed by atoms with Crippen molar-refractivity contribution in [2.24, 2.45) is 5.73 Å². The maximum atomic E-state index is 10.5. The smallest absolute Gasteiger partial charge is 0.322 e. The van der Waals surface area contributed by atoms with Crippen molar-refractivity contribution in [2.75, 3.05) is 6.61 Å². The Hall–Kier alpha value is -0.830. The number of carbonyl (C=O) groups excluding carboxylic acids is 1. The third-order valence-corrected chi connectivity index (χ3v) is 0.715. The summed E-state index contributed by atoms with van der Waals surface area (Å²) in [5, 5.41) is 0. The zero-order chi connectivity index (χ0) is 7.28. The Labute approximate surface area is 54.5 Å². The molecule has 1 unspecified atom stereocenters.